The highest BCUT2D eigenvalue weighted by Crippen LogP contribution is 2.13. The highest BCUT2D eigenvalue weighted by Gasteiger charge is 2.21. The number of likely N-dealkylation sites (N-methyl/N-ethyl adjacent to an activating group) is 1. The zero-order valence-electron chi connectivity index (χ0n) is 16.5. The van der Waals surface area contributed by atoms with E-state index in [9.17, 15) is 9.59 Å². The van der Waals surface area contributed by atoms with Gasteiger partial charge in [-0.1, -0.05) is 36.4 Å². The summed E-state index contributed by atoms with van der Waals surface area (Å²) in [7, 11) is 3.88. The van der Waals surface area contributed by atoms with Gasteiger partial charge in [0.1, 0.15) is 11.4 Å². The Morgan fingerprint density at radius 3 is 2.30 bits per heavy atom. The van der Waals surface area contributed by atoms with Gasteiger partial charge in [0.05, 0.1) is 0 Å². The molecule has 1 aromatic carbocycles. The lowest BCUT2D eigenvalue weighted by Gasteiger charge is -2.26. The van der Waals surface area contributed by atoms with E-state index in [4.69, 9.17) is 0 Å². The lowest BCUT2D eigenvalue weighted by atomic mass is 10.1. The minimum Gasteiger partial charge on any atom is -0.349 e. The molecular formula is C21H28N4O2. The van der Waals surface area contributed by atoms with Crippen LogP contribution < -0.4 is 5.32 Å². The number of nitrogens with zero attached hydrogens (tertiary/aromatic N) is 3. The Labute approximate surface area is 161 Å². The summed E-state index contributed by atoms with van der Waals surface area (Å²) in [6.07, 6.45) is 0. The van der Waals surface area contributed by atoms with E-state index in [2.05, 4.69) is 10.3 Å². The summed E-state index contributed by atoms with van der Waals surface area (Å²) in [6.45, 7) is 5.70. The largest absolute Gasteiger partial charge is 0.349 e. The first-order valence-electron chi connectivity index (χ1n) is 9.13. The standard InChI is InChI=1S/C21H28N4O2/c1-16(2)25(15-17-9-6-5-7-10-17)21(27)19-12-8-11-18(23-19)20(26)22-13-14-24(3)4/h5-12,16H,13-15H2,1-4H3,(H,22,26). The molecule has 0 aliphatic carbocycles. The van der Waals surface area contributed by atoms with Crippen LogP contribution in [0.1, 0.15) is 40.4 Å². The molecule has 0 unspecified atom stereocenters. The van der Waals surface area contributed by atoms with Crippen molar-refractivity contribution >= 4 is 11.8 Å². The highest BCUT2D eigenvalue weighted by molar-refractivity contribution is 5.96. The second-order valence-corrected chi connectivity index (χ2v) is 6.98. The number of aromatic nitrogens is 1. The molecule has 0 aliphatic rings. The van der Waals surface area contributed by atoms with Crippen molar-refractivity contribution in [1.29, 1.82) is 0 Å². The molecule has 0 saturated heterocycles. The summed E-state index contributed by atoms with van der Waals surface area (Å²) >= 11 is 0. The van der Waals surface area contributed by atoms with Gasteiger partial charge >= 0.3 is 0 Å². The Kier molecular flexibility index (Phi) is 7.49. The van der Waals surface area contributed by atoms with Gasteiger partial charge < -0.3 is 15.1 Å². The zero-order chi connectivity index (χ0) is 19.8. The van der Waals surface area contributed by atoms with Crippen LogP contribution in [-0.4, -0.2) is 59.8 Å². The van der Waals surface area contributed by atoms with Crippen molar-refractivity contribution in [3.8, 4) is 0 Å². The topological polar surface area (TPSA) is 65.5 Å². The molecular weight excluding hydrogens is 340 g/mol. The summed E-state index contributed by atoms with van der Waals surface area (Å²) in [4.78, 5) is 33.3. The third-order valence-electron chi connectivity index (χ3n) is 4.13. The number of hydrogen-bond donors (Lipinski definition) is 1. The summed E-state index contributed by atoms with van der Waals surface area (Å²) in [5.41, 5.74) is 1.58. The van der Waals surface area contributed by atoms with Gasteiger partial charge in [-0.15, -0.1) is 0 Å². The first kappa shape index (κ1) is 20.6. The third-order valence-corrected chi connectivity index (χ3v) is 4.13. The third kappa shape index (κ3) is 6.18. The number of amides is 2. The maximum atomic E-state index is 13.0. The van der Waals surface area contributed by atoms with Crippen LogP contribution in [0.4, 0.5) is 0 Å². The molecule has 1 aromatic heterocycles. The molecule has 0 saturated carbocycles. The van der Waals surface area contributed by atoms with E-state index >= 15 is 0 Å². The Hall–Kier alpha value is -2.73. The minimum atomic E-state index is -0.273. The SMILES string of the molecule is CC(C)N(Cc1ccccc1)C(=O)c1cccc(C(=O)NCCN(C)C)n1. The normalized spacial score (nSPS) is 10.9. The number of benzene rings is 1. The second-order valence-electron chi connectivity index (χ2n) is 6.98. The van der Waals surface area contributed by atoms with Crippen LogP contribution in [0.15, 0.2) is 48.5 Å². The van der Waals surface area contributed by atoms with Crippen LogP contribution >= 0.6 is 0 Å². The summed E-state index contributed by atoms with van der Waals surface area (Å²) in [6, 6.07) is 14.8. The fraction of sp³-hybridized carbons (Fsp3) is 0.381. The lowest BCUT2D eigenvalue weighted by Crippen LogP contribution is -2.37. The smallest absolute Gasteiger partial charge is 0.273 e. The second kappa shape index (κ2) is 9.83. The molecule has 1 N–H and O–H groups in total. The molecule has 1 heterocycles. The number of hydrogen-bond acceptors (Lipinski definition) is 4. The van der Waals surface area contributed by atoms with Crippen LogP contribution in [0.5, 0.6) is 0 Å². The van der Waals surface area contributed by atoms with E-state index in [1.165, 1.54) is 0 Å². The predicted octanol–water partition coefficient (Wildman–Crippen LogP) is 2.42. The van der Waals surface area contributed by atoms with E-state index in [0.717, 1.165) is 12.1 Å². The predicted molar refractivity (Wildman–Crippen MR) is 107 cm³/mol. The molecule has 2 aromatic rings. The van der Waals surface area contributed by atoms with Crippen molar-refractivity contribution < 1.29 is 9.59 Å². The lowest BCUT2D eigenvalue weighted by molar-refractivity contribution is 0.0684. The molecule has 2 amide bonds. The van der Waals surface area contributed by atoms with Crippen molar-refractivity contribution in [3.63, 3.8) is 0 Å². The average Bonchev–Trinajstić information content (AvgIpc) is 2.66. The van der Waals surface area contributed by atoms with Gasteiger partial charge in [-0.25, -0.2) is 4.98 Å². The minimum absolute atomic E-state index is 0.0112. The molecule has 0 bridgehead atoms. The van der Waals surface area contributed by atoms with Gasteiger partial charge in [0.15, 0.2) is 0 Å². The molecule has 2 rings (SSSR count). The Balaban J connectivity index is 2.13. The average molecular weight is 368 g/mol. The first-order chi connectivity index (χ1) is 12.9. The van der Waals surface area contributed by atoms with Crippen LogP contribution in [0.25, 0.3) is 0 Å². The van der Waals surface area contributed by atoms with Gasteiger partial charge in [-0.2, -0.15) is 0 Å². The monoisotopic (exact) mass is 368 g/mol. The van der Waals surface area contributed by atoms with Crippen LogP contribution in [-0.2, 0) is 6.54 Å². The molecule has 0 fully saturated rings. The molecule has 0 radical (unpaired) electrons. The van der Waals surface area contributed by atoms with Gasteiger partial charge in [-0.3, -0.25) is 9.59 Å². The van der Waals surface area contributed by atoms with Gasteiger partial charge in [0.2, 0.25) is 0 Å². The van der Waals surface area contributed by atoms with E-state index < -0.39 is 0 Å². The van der Waals surface area contributed by atoms with Gasteiger partial charge in [0.25, 0.3) is 11.8 Å². The molecule has 0 atom stereocenters. The molecule has 6 nitrogen and oxygen atoms in total. The number of rotatable bonds is 8. The number of carbonyl (C=O) groups is 2. The van der Waals surface area contributed by atoms with Crippen molar-refractivity contribution in [2.75, 3.05) is 27.2 Å². The number of pyridine rings is 1. The van der Waals surface area contributed by atoms with Crippen molar-refractivity contribution in [2.24, 2.45) is 0 Å². The van der Waals surface area contributed by atoms with Crippen LogP contribution in [0.2, 0.25) is 0 Å². The van der Waals surface area contributed by atoms with Crippen molar-refractivity contribution in [1.82, 2.24) is 20.1 Å². The maximum Gasteiger partial charge on any atom is 0.273 e. The molecule has 27 heavy (non-hydrogen) atoms. The molecule has 144 valence electrons. The number of carbonyl (C=O) groups excluding carboxylic acids is 2. The Bertz CT molecular complexity index is 760. The van der Waals surface area contributed by atoms with E-state index in [0.29, 0.717) is 13.1 Å². The van der Waals surface area contributed by atoms with Gasteiger partial charge in [0, 0.05) is 25.7 Å². The van der Waals surface area contributed by atoms with Crippen molar-refractivity contribution in [2.45, 2.75) is 26.4 Å². The number of nitrogens with one attached hydrogen (secondary N) is 1. The Morgan fingerprint density at radius 2 is 1.67 bits per heavy atom. The molecule has 0 spiro atoms. The van der Waals surface area contributed by atoms with E-state index in [1.54, 1.807) is 23.1 Å². The summed E-state index contributed by atoms with van der Waals surface area (Å²) in [5.74, 6) is -0.456. The summed E-state index contributed by atoms with van der Waals surface area (Å²) < 4.78 is 0. The first-order valence-corrected chi connectivity index (χ1v) is 9.13. The maximum absolute atomic E-state index is 13.0. The Morgan fingerprint density at radius 1 is 1.00 bits per heavy atom. The van der Waals surface area contributed by atoms with Crippen LogP contribution in [0, 0.1) is 0 Å². The van der Waals surface area contributed by atoms with E-state index in [1.807, 2.05) is 63.2 Å². The van der Waals surface area contributed by atoms with Crippen LogP contribution in [0.3, 0.4) is 0 Å². The zero-order valence-corrected chi connectivity index (χ0v) is 16.5. The summed E-state index contributed by atoms with van der Waals surface area (Å²) in [5, 5.41) is 2.82. The highest BCUT2D eigenvalue weighted by atomic mass is 16.2. The van der Waals surface area contributed by atoms with Gasteiger partial charge in [-0.05, 0) is 45.6 Å². The van der Waals surface area contributed by atoms with Crippen molar-refractivity contribution in [3.05, 3.63) is 65.5 Å². The molecule has 6 heteroatoms. The fourth-order valence-corrected chi connectivity index (χ4v) is 2.58. The fourth-order valence-electron chi connectivity index (χ4n) is 2.58. The molecule has 0 aliphatic heterocycles. The quantitative estimate of drug-likeness (QED) is 0.777. The van der Waals surface area contributed by atoms with E-state index in [-0.39, 0.29) is 29.2 Å².